The van der Waals surface area contributed by atoms with Crippen LogP contribution in [0.4, 0.5) is 0 Å². The summed E-state index contributed by atoms with van der Waals surface area (Å²) in [7, 11) is 0. The molecule has 0 aromatic rings. The summed E-state index contributed by atoms with van der Waals surface area (Å²) in [6.45, 7) is 3.71. The van der Waals surface area contributed by atoms with Gasteiger partial charge in [0, 0.05) is 6.21 Å². The Kier molecular flexibility index (Phi) is 12.3. The van der Waals surface area contributed by atoms with Crippen molar-refractivity contribution in [3.8, 4) is 0 Å². The molecule has 0 heterocycles. The lowest BCUT2D eigenvalue weighted by Crippen LogP contribution is -1.82. The van der Waals surface area contributed by atoms with Crippen molar-refractivity contribution in [2.45, 2.75) is 57.8 Å². The lowest BCUT2D eigenvalue weighted by molar-refractivity contribution is -0.106. The molecule has 0 aliphatic carbocycles. The van der Waals surface area contributed by atoms with Gasteiger partial charge in [0.25, 0.3) is 0 Å². The fourth-order valence-electron chi connectivity index (χ4n) is 1.53. The van der Waals surface area contributed by atoms with Crippen LogP contribution in [0.3, 0.4) is 0 Å². The molecule has 0 saturated carbocycles. The van der Waals surface area contributed by atoms with Crippen LogP contribution in [0.5, 0.6) is 0 Å². The van der Waals surface area contributed by atoms with Crippen molar-refractivity contribution >= 4 is 12.6 Å². The fourth-order valence-corrected chi connectivity index (χ4v) is 1.53. The highest BCUT2D eigenvalue weighted by Gasteiger charge is 1.90. The first-order valence-corrected chi connectivity index (χ1v) is 5.98. The Balaban J connectivity index is 2.95. The van der Waals surface area contributed by atoms with Gasteiger partial charge in [-0.15, -0.1) is 6.58 Å². The smallest absolute Gasteiger partial charge is 0.232 e. The van der Waals surface area contributed by atoms with Gasteiger partial charge in [0.1, 0.15) is 0 Å². The van der Waals surface area contributed by atoms with E-state index in [2.05, 4.69) is 11.6 Å². The van der Waals surface area contributed by atoms with E-state index in [1.54, 1.807) is 6.21 Å². The van der Waals surface area contributed by atoms with E-state index in [-0.39, 0.29) is 0 Å². The molecule has 0 aromatic heterocycles. The number of rotatable bonds is 11. The minimum absolute atomic E-state index is 0.597. The van der Waals surface area contributed by atoms with E-state index in [4.69, 9.17) is 0 Å². The molecule has 0 aromatic carbocycles. The van der Waals surface area contributed by atoms with Crippen LogP contribution in [0.25, 0.3) is 0 Å². The van der Waals surface area contributed by atoms with Gasteiger partial charge in [-0.25, -0.2) is 4.99 Å². The summed E-state index contributed by atoms with van der Waals surface area (Å²) >= 11 is 0. The van der Waals surface area contributed by atoms with Crippen molar-refractivity contribution in [3.63, 3.8) is 0 Å². The van der Waals surface area contributed by atoms with Crippen LogP contribution >= 0.6 is 0 Å². The normalized spacial score (nSPS) is 10.7. The monoisotopic (exact) mass is 209 g/mol. The average molecular weight is 209 g/mol. The molecule has 0 fully saturated rings. The van der Waals surface area contributed by atoms with Gasteiger partial charge >= 0.3 is 0 Å². The zero-order valence-corrected chi connectivity index (χ0v) is 9.66. The van der Waals surface area contributed by atoms with Crippen molar-refractivity contribution in [2.75, 3.05) is 0 Å². The molecular weight excluding hydrogens is 186 g/mol. The van der Waals surface area contributed by atoms with Crippen LogP contribution in [0.15, 0.2) is 17.6 Å². The molecule has 0 aliphatic heterocycles. The van der Waals surface area contributed by atoms with Crippen LogP contribution in [-0.4, -0.2) is 12.6 Å². The standard InChI is InChI=1S/C13H23NO/c1-2-3-4-5-6-7-8-9-10-11-12-14-13-15/h2,12-13H,1,3-11H2. The molecule has 0 N–H and O–H groups in total. The van der Waals surface area contributed by atoms with E-state index in [9.17, 15) is 4.79 Å². The van der Waals surface area contributed by atoms with Crippen molar-refractivity contribution in [1.82, 2.24) is 0 Å². The topological polar surface area (TPSA) is 29.4 Å². The first-order valence-electron chi connectivity index (χ1n) is 5.98. The third-order valence-electron chi connectivity index (χ3n) is 2.41. The number of aliphatic imine (C=N–C) groups is 1. The van der Waals surface area contributed by atoms with Gasteiger partial charge in [-0.1, -0.05) is 38.2 Å². The molecule has 2 heteroatoms. The molecule has 15 heavy (non-hydrogen) atoms. The van der Waals surface area contributed by atoms with Gasteiger partial charge in [-0.05, 0) is 25.7 Å². The third kappa shape index (κ3) is 13.1. The number of allylic oxidation sites excluding steroid dienone is 1. The molecule has 0 unspecified atom stereocenters. The molecule has 2 nitrogen and oxygen atoms in total. The SMILES string of the molecule is C=CCCCCCCCCCC=NC=O. The molecule has 0 atom stereocenters. The Labute approximate surface area is 93.5 Å². The van der Waals surface area contributed by atoms with E-state index in [1.807, 2.05) is 6.08 Å². The summed E-state index contributed by atoms with van der Waals surface area (Å²) in [6.07, 6.45) is 15.4. The van der Waals surface area contributed by atoms with E-state index in [0.717, 1.165) is 19.3 Å². The molecule has 1 amide bonds. The van der Waals surface area contributed by atoms with Crippen LogP contribution in [0, 0.1) is 0 Å². The molecular formula is C13H23NO. The molecule has 0 radical (unpaired) electrons. The maximum atomic E-state index is 9.86. The van der Waals surface area contributed by atoms with Crippen LogP contribution in [-0.2, 0) is 4.79 Å². The second-order valence-electron chi connectivity index (χ2n) is 3.78. The van der Waals surface area contributed by atoms with Crippen molar-refractivity contribution < 1.29 is 4.79 Å². The van der Waals surface area contributed by atoms with E-state index in [1.165, 1.54) is 38.5 Å². The molecule has 0 saturated heterocycles. The Hall–Kier alpha value is -0.920. The maximum absolute atomic E-state index is 9.86. The van der Waals surface area contributed by atoms with E-state index in [0.29, 0.717) is 6.41 Å². The minimum atomic E-state index is 0.597. The molecule has 0 bridgehead atoms. The first kappa shape index (κ1) is 14.1. The highest BCUT2D eigenvalue weighted by Crippen LogP contribution is 2.09. The average Bonchev–Trinajstić information content (AvgIpc) is 2.26. The number of amides is 1. The lowest BCUT2D eigenvalue weighted by atomic mass is 10.1. The van der Waals surface area contributed by atoms with Crippen molar-refractivity contribution in [3.05, 3.63) is 12.7 Å². The predicted octanol–water partition coefficient (Wildman–Crippen LogP) is 3.91. The number of unbranched alkanes of at least 4 members (excludes halogenated alkanes) is 8. The second kappa shape index (κ2) is 13.1. The Bertz CT molecular complexity index is 175. The maximum Gasteiger partial charge on any atom is 0.232 e. The number of carbonyl (C=O) groups excluding carboxylic acids is 1. The summed E-state index contributed by atoms with van der Waals surface area (Å²) in [5.74, 6) is 0. The Morgan fingerprint density at radius 1 is 0.867 bits per heavy atom. The zero-order chi connectivity index (χ0) is 11.2. The number of hydrogen-bond acceptors (Lipinski definition) is 1. The van der Waals surface area contributed by atoms with Crippen LogP contribution in [0.1, 0.15) is 57.8 Å². The summed E-state index contributed by atoms with van der Waals surface area (Å²) in [4.78, 5) is 13.4. The number of nitrogens with zero attached hydrogens (tertiary/aromatic N) is 1. The quantitative estimate of drug-likeness (QED) is 0.219. The lowest BCUT2D eigenvalue weighted by Gasteiger charge is -1.99. The summed E-state index contributed by atoms with van der Waals surface area (Å²) in [6, 6.07) is 0. The summed E-state index contributed by atoms with van der Waals surface area (Å²) in [5.41, 5.74) is 0. The third-order valence-corrected chi connectivity index (χ3v) is 2.41. The first-order chi connectivity index (χ1) is 7.41. The second-order valence-corrected chi connectivity index (χ2v) is 3.78. The molecule has 0 spiro atoms. The molecule has 0 rings (SSSR count). The minimum Gasteiger partial charge on any atom is -0.276 e. The highest BCUT2D eigenvalue weighted by atomic mass is 16.1. The van der Waals surface area contributed by atoms with Gasteiger partial charge in [-0.3, -0.25) is 4.79 Å². The van der Waals surface area contributed by atoms with Crippen molar-refractivity contribution in [1.29, 1.82) is 0 Å². The van der Waals surface area contributed by atoms with Crippen LogP contribution < -0.4 is 0 Å². The highest BCUT2D eigenvalue weighted by molar-refractivity contribution is 5.68. The summed E-state index contributed by atoms with van der Waals surface area (Å²) in [5, 5.41) is 0. The van der Waals surface area contributed by atoms with Gasteiger partial charge in [0.2, 0.25) is 6.41 Å². The van der Waals surface area contributed by atoms with E-state index >= 15 is 0 Å². The van der Waals surface area contributed by atoms with Gasteiger partial charge < -0.3 is 0 Å². The van der Waals surface area contributed by atoms with Gasteiger partial charge in [0.15, 0.2) is 0 Å². The van der Waals surface area contributed by atoms with E-state index < -0.39 is 0 Å². The molecule has 0 aliphatic rings. The Morgan fingerprint density at radius 2 is 1.40 bits per heavy atom. The van der Waals surface area contributed by atoms with Crippen molar-refractivity contribution in [2.24, 2.45) is 4.99 Å². The molecule has 86 valence electrons. The van der Waals surface area contributed by atoms with Gasteiger partial charge in [0.05, 0.1) is 0 Å². The number of hydrogen-bond donors (Lipinski definition) is 0. The Morgan fingerprint density at radius 3 is 1.93 bits per heavy atom. The zero-order valence-electron chi connectivity index (χ0n) is 9.66. The van der Waals surface area contributed by atoms with Gasteiger partial charge in [-0.2, -0.15) is 0 Å². The number of carbonyl (C=O) groups is 1. The fraction of sp³-hybridized carbons (Fsp3) is 0.692. The largest absolute Gasteiger partial charge is 0.276 e. The summed E-state index contributed by atoms with van der Waals surface area (Å²) < 4.78 is 0. The predicted molar refractivity (Wildman–Crippen MR) is 66.3 cm³/mol. The van der Waals surface area contributed by atoms with Crippen LogP contribution in [0.2, 0.25) is 0 Å².